The third-order valence-corrected chi connectivity index (χ3v) is 8.25. The van der Waals surface area contributed by atoms with E-state index in [0.717, 1.165) is 53.9 Å². The summed E-state index contributed by atoms with van der Waals surface area (Å²) in [6.07, 6.45) is 4.61. The van der Waals surface area contributed by atoms with Gasteiger partial charge in [0.2, 0.25) is 11.8 Å². The van der Waals surface area contributed by atoms with Crippen LogP contribution in [0.1, 0.15) is 64.4 Å². The van der Waals surface area contributed by atoms with E-state index in [0.29, 0.717) is 29.7 Å². The number of aliphatic hydroxyl groups excluding tert-OH is 2. The predicted molar refractivity (Wildman–Crippen MR) is 152 cm³/mol. The number of ether oxygens (including phenoxy) is 1. The number of carbonyl (C=O) groups is 3. The number of amides is 3. The summed E-state index contributed by atoms with van der Waals surface area (Å²) in [5, 5.41) is 34.0. The minimum atomic E-state index is -1.02. The smallest absolute Gasteiger partial charge is 0.423 e. The highest BCUT2D eigenvalue weighted by atomic mass is 16.5. The first kappa shape index (κ1) is 29.5. The minimum absolute atomic E-state index is 0.229. The summed E-state index contributed by atoms with van der Waals surface area (Å²) in [7, 11) is 1.12. The van der Waals surface area contributed by atoms with Crippen molar-refractivity contribution >= 4 is 34.8 Å². The molecular formula is C32H39NO7. The Balaban J connectivity index is 1.62. The van der Waals surface area contributed by atoms with Crippen LogP contribution in [-0.4, -0.2) is 57.9 Å². The van der Waals surface area contributed by atoms with E-state index < -0.39 is 48.4 Å². The molecule has 4 rings (SSSR count). The number of phenols is 1. The maximum absolute atomic E-state index is 13.2. The fraction of sp³-hybridized carbons (Fsp3) is 0.469. The molecule has 0 radical (unpaired) electrons. The standard InChI is InChI=1S/C32H39NO7/c1-4-8-19(16-20-13-15-26(35)23-11-7-6-10-22(20)23)12-14-27(36)28-21(9-5-2)17-24-29(25(28)18-34)31(38)33(30(24)37)32(39)40-3/h6-7,10-11,13,15-16,24-25,27,29,34-36H,4-5,8-9,12,14,17-18H2,1-3H3/b19-16+/t24-,25+,27-,29-/m1/s1. The second-order valence-electron chi connectivity index (χ2n) is 10.7. The Morgan fingerprint density at radius 1 is 1.07 bits per heavy atom. The molecule has 2 aromatic rings. The molecular weight excluding hydrogens is 510 g/mol. The van der Waals surface area contributed by atoms with Gasteiger partial charge in [0.05, 0.1) is 31.7 Å². The van der Waals surface area contributed by atoms with E-state index in [1.807, 2.05) is 37.3 Å². The highest BCUT2D eigenvalue weighted by Crippen LogP contribution is 2.47. The Morgan fingerprint density at radius 2 is 1.80 bits per heavy atom. The highest BCUT2D eigenvalue weighted by Gasteiger charge is 2.57. The van der Waals surface area contributed by atoms with Crippen LogP contribution in [0.2, 0.25) is 0 Å². The van der Waals surface area contributed by atoms with Gasteiger partial charge in [-0.15, -0.1) is 0 Å². The van der Waals surface area contributed by atoms with Gasteiger partial charge >= 0.3 is 6.09 Å². The van der Waals surface area contributed by atoms with Gasteiger partial charge < -0.3 is 20.1 Å². The maximum atomic E-state index is 13.2. The molecule has 8 heteroatoms. The Kier molecular flexibility index (Phi) is 9.43. The quantitative estimate of drug-likeness (QED) is 0.270. The van der Waals surface area contributed by atoms with Crippen LogP contribution in [0.4, 0.5) is 4.79 Å². The van der Waals surface area contributed by atoms with Crippen LogP contribution in [0, 0.1) is 17.8 Å². The van der Waals surface area contributed by atoms with Gasteiger partial charge in [0.1, 0.15) is 5.75 Å². The molecule has 4 atom stereocenters. The number of phenolic OH excluding ortho intramolecular Hbond substituents is 1. The van der Waals surface area contributed by atoms with Crippen molar-refractivity contribution in [3.8, 4) is 5.75 Å². The molecule has 0 unspecified atom stereocenters. The van der Waals surface area contributed by atoms with E-state index in [2.05, 4.69) is 17.7 Å². The fourth-order valence-electron chi connectivity index (χ4n) is 6.49. The molecule has 1 fully saturated rings. The number of likely N-dealkylation sites (tertiary alicyclic amines) is 1. The van der Waals surface area contributed by atoms with Crippen LogP contribution in [-0.2, 0) is 14.3 Å². The molecule has 1 aliphatic heterocycles. The van der Waals surface area contributed by atoms with E-state index in [4.69, 9.17) is 0 Å². The van der Waals surface area contributed by atoms with Crippen LogP contribution in [0.15, 0.2) is 53.1 Å². The number of hydrogen-bond donors (Lipinski definition) is 3. The van der Waals surface area contributed by atoms with E-state index in [9.17, 15) is 29.7 Å². The number of aliphatic hydroxyl groups is 2. The number of imide groups is 3. The molecule has 0 spiro atoms. The second-order valence-corrected chi connectivity index (χ2v) is 10.7. The van der Waals surface area contributed by atoms with Crippen molar-refractivity contribution in [2.45, 2.75) is 64.9 Å². The lowest BCUT2D eigenvalue weighted by Crippen LogP contribution is -2.40. The number of carbonyl (C=O) groups excluding carboxylic acids is 3. The van der Waals surface area contributed by atoms with Gasteiger partial charge in [-0.25, -0.2) is 4.79 Å². The van der Waals surface area contributed by atoms with E-state index in [-0.39, 0.29) is 12.2 Å². The first-order valence-corrected chi connectivity index (χ1v) is 14.1. The number of benzene rings is 2. The SMILES string of the molecule is CCCC1=C([C@H](O)CC/C(=C/c2ccc(O)c3ccccc23)CCC)[C@H](CO)[C@@H]2C(=O)N(C(=O)OC)C(=O)[C@@H]2C1. The van der Waals surface area contributed by atoms with Crippen molar-refractivity contribution in [3.63, 3.8) is 0 Å². The molecule has 1 aliphatic carbocycles. The lowest BCUT2D eigenvalue weighted by Gasteiger charge is -2.36. The monoisotopic (exact) mass is 549 g/mol. The first-order chi connectivity index (χ1) is 19.3. The van der Waals surface area contributed by atoms with E-state index in [1.54, 1.807) is 6.07 Å². The summed E-state index contributed by atoms with van der Waals surface area (Å²) in [5.74, 6) is -3.45. The number of aromatic hydroxyl groups is 1. The zero-order valence-corrected chi connectivity index (χ0v) is 23.4. The zero-order valence-electron chi connectivity index (χ0n) is 23.4. The molecule has 2 aromatic carbocycles. The molecule has 1 heterocycles. The topological polar surface area (TPSA) is 124 Å². The van der Waals surface area contributed by atoms with Gasteiger partial charge in [-0.3, -0.25) is 9.59 Å². The van der Waals surface area contributed by atoms with Gasteiger partial charge in [0.15, 0.2) is 0 Å². The Bertz CT molecular complexity index is 1340. The van der Waals surface area contributed by atoms with Gasteiger partial charge in [-0.2, -0.15) is 4.90 Å². The number of rotatable bonds is 10. The van der Waals surface area contributed by atoms with Crippen molar-refractivity contribution < 1.29 is 34.4 Å². The van der Waals surface area contributed by atoms with Gasteiger partial charge in [0, 0.05) is 11.3 Å². The predicted octanol–water partition coefficient (Wildman–Crippen LogP) is 5.35. The molecule has 1 saturated heterocycles. The number of hydrogen-bond acceptors (Lipinski definition) is 7. The number of nitrogens with zero attached hydrogens (tertiary/aromatic N) is 1. The third-order valence-electron chi connectivity index (χ3n) is 8.25. The second kappa shape index (κ2) is 12.8. The Morgan fingerprint density at radius 3 is 2.45 bits per heavy atom. The fourth-order valence-corrected chi connectivity index (χ4v) is 6.49. The van der Waals surface area contributed by atoms with Crippen LogP contribution >= 0.6 is 0 Å². The summed E-state index contributed by atoms with van der Waals surface area (Å²) >= 11 is 0. The van der Waals surface area contributed by atoms with Crippen LogP contribution in [0.25, 0.3) is 16.8 Å². The van der Waals surface area contributed by atoms with Crippen molar-refractivity contribution in [2.75, 3.05) is 13.7 Å². The highest BCUT2D eigenvalue weighted by molar-refractivity contribution is 6.16. The van der Waals surface area contributed by atoms with Gasteiger partial charge in [-0.05, 0) is 54.7 Å². The normalized spacial score (nSPS) is 22.2. The van der Waals surface area contributed by atoms with Crippen molar-refractivity contribution in [1.82, 2.24) is 4.90 Å². The van der Waals surface area contributed by atoms with Crippen molar-refractivity contribution in [2.24, 2.45) is 17.8 Å². The van der Waals surface area contributed by atoms with Crippen LogP contribution < -0.4 is 0 Å². The molecule has 3 N–H and O–H groups in total. The largest absolute Gasteiger partial charge is 0.507 e. The lowest BCUT2D eigenvalue weighted by molar-refractivity contribution is -0.137. The molecule has 0 bridgehead atoms. The number of fused-ring (bicyclic) bond motifs is 2. The lowest BCUT2D eigenvalue weighted by atomic mass is 9.67. The summed E-state index contributed by atoms with van der Waals surface area (Å²) in [4.78, 5) is 39.0. The Hall–Kier alpha value is -3.49. The molecule has 40 heavy (non-hydrogen) atoms. The number of allylic oxidation sites excluding steroid dienone is 2. The van der Waals surface area contributed by atoms with Gasteiger partial charge in [-0.1, -0.05) is 74.2 Å². The summed E-state index contributed by atoms with van der Waals surface area (Å²) in [6, 6.07) is 11.3. The summed E-state index contributed by atoms with van der Waals surface area (Å²) < 4.78 is 4.67. The maximum Gasteiger partial charge on any atom is 0.423 e. The van der Waals surface area contributed by atoms with Gasteiger partial charge in [0.25, 0.3) is 0 Å². The number of methoxy groups -OCH3 is 1. The van der Waals surface area contributed by atoms with Crippen molar-refractivity contribution in [3.05, 3.63) is 58.7 Å². The van der Waals surface area contributed by atoms with Crippen LogP contribution in [0.5, 0.6) is 5.75 Å². The molecule has 8 nitrogen and oxygen atoms in total. The molecule has 3 amide bonds. The average Bonchev–Trinajstić information content (AvgIpc) is 3.21. The summed E-state index contributed by atoms with van der Waals surface area (Å²) in [5.41, 5.74) is 3.65. The van der Waals surface area contributed by atoms with E-state index >= 15 is 0 Å². The molecule has 2 aliphatic rings. The third kappa shape index (κ3) is 5.56. The van der Waals surface area contributed by atoms with Crippen molar-refractivity contribution in [1.29, 1.82) is 0 Å². The average molecular weight is 550 g/mol. The summed E-state index contributed by atoms with van der Waals surface area (Å²) in [6.45, 7) is 3.69. The molecule has 0 saturated carbocycles. The first-order valence-electron chi connectivity index (χ1n) is 14.1. The Labute approximate surface area is 234 Å². The minimum Gasteiger partial charge on any atom is -0.507 e. The van der Waals surface area contributed by atoms with Crippen LogP contribution in [0.3, 0.4) is 0 Å². The molecule has 214 valence electrons. The zero-order chi connectivity index (χ0) is 29.0. The molecule has 0 aromatic heterocycles. The van der Waals surface area contributed by atoms with E-state index in [1.165, 1.54) is 0 Å².